The van der Waals surface area contributed by atoms with Crippen LogP contribution in [0.4, 0.5) is 0 Å². The van der Waals surface area contributed by atoms with Gasteiger partial charge in [-0.1, -0.05) is 12.1 Å². The fraction of sp³-hybridized carbons (Fsp3) is 0.455. The highest BCUT2D eigenvalue weighted by molar-refractivity contribution is 6.59. The zero-order valence-corrected chi connectivity index (χ0v) is 9.22. The predicted octanol–water partition coefficient (Wildman–Crippen LogP) is 0.227. The Morgan fingerprint density at radius 1 is 1.38 bits per heavy atom. The van der Waals surface area contributed by atoms with E-state index in [-0.39, 0.29) is 6.79 Å². The zero-order chi connectivity index (χ0) is 11.5. The summed E-state index contributed by atoms with van der Waals surface area (Å²) in [5.41, 5.74) is 1.57. The lowest BCUT2D eigenvalue weighted by Crippen LogP contribution is -2.31. The first-order valence-corrected chi connectivity index (χ1v) is 5.34. The van der Waals surface area contributed by atoms with E-state index in [9.17, 15) is 10.0 Å². The van der Waals surface area contributed by atoms with Crippen molar-refractivity contribution in [2.45, 2.75) is 18.8 Å². The van der Waals surface area contributed by atoms with Crippen LogP contribution >= 0.6 is 0 Å². The lowest BCUT2D eigenvalue weighted by atomic mass is 9.79. The van der Waals surface area contributed by atoms with Gasteiger partial charge in [-0.05, 0) is 30.4 Å². The van der Waals surface area contributed by atoms with Crippen molar-refractivity contribution in [2.75, 3.05) is 13.9 Å². The summed E-state index contributed by atoms with van der Waals surface area (Å²) in [6, 6.07) is 5.49. The van der Waals surface area contributed by atoms with E-state index in [1.54, 1.807) is 6.07 Å². The third-order valence-electron chi connectivity index (χ3n) is 2.70. The Balaban J connectivity index is 2.22. The quantitative estimate of drug-likeness (QED) is 0.553. The Labute approximate surface area is 95.0 Å². The molecule has 0 bridgehead atoms. The molecule has 0 spiro atoms. The molecule has 86 valence electrons. The Bertz CT molecular complexity index is 363. The molecule has 1 aromatic carbocycles. The summed E-state index contributed by atoms with van der Waals surface area (Å²) in [6.07, 6.45) is 2.40. The second-order valence-corrected chi connectivity index (χ2v) is 4.00. The first-order chi connectivity index (χ1) is 7.72. The Morgan fingerprint density at radius 2 is 2.12 bits per heavy atom. The molecule has 0 radical (unpaired) electrons. The minimum absolute atomic E-state index is 0.105. The summed E-state index contributed by atoms with van der Waals surface area (Å²) in [6.45, 7) is 0.105. The van der Waals surface area contributed by atoms with Gasteiger partial charge < -0.3 is 19.5 Å². The van der Waals surface area contributed by atoms with Crippen molar-refractivity contribution in [3.63, 3.8) is 0 Å². The van der Waals surface area contributed by atoms with Gasteiger partial charge in [0.25, 0.3) is 0 Å². The minimum Gasteiger partial charge on any atom is -0.468 e. The number of hydrogen-bond donors (Lipinski definition) is 2. The van der Waals surface area contributed by atoms with Gasteiger partial charge in [0.1, 0.15) is 5.75 Å². The van der Waals surface area contributed by atoms with Gasteiger partial charge in [0.2, 0.25) is 0 Å². The monoisotopic (exact) mass is 222 g/mol. The van der Waals surface area contributed by atoms with Gasteiger partial charge in [-0.15, -0.1) is 0 Å². The van der Waals surface area contributed by atoms with Crippen molar-refractivity contribution >= 4 is 12.6 Å². The molecule has 0 amide bonds. The van der Waals surface area contributed by atoms with Crippen LogP contribution in [-0.4, -0.2) is 31.1 Å². The van der Waals surface area contributed by atoms with Crippen molar-refractivity contribution in [1.82, 2.24) is 0 Å². The molecule has 1 fully saturated rings. The molecule has 2 N–H and O–H groups in total. The zero-order valence-electron chi connectivity index (χ0n) is 9.22. The summed E-state index contributed by atoms with van der Waals surface area (Å²) < 4.78 is 10.1. The van der Waals surface area contributed by atoms with E-state index in [1.807, 2.05) is 12.1 Å². The van der Waals surface area contributed by atoms with Crippen LogP contribution < -0.4 is 10.2 Å². The van der Waals surface area contributed by atoms with Crippen LogP contribution in [-0.2, 0) is 4.74 Å². The highest BCUT2D eigenvalue weighted by Crippen LogP contribution is 2.40. The largest absolute Gasteiger partial charge is 0.492 e. The van der Waals surface area contributed by atoms with Crippen molar-refractivity contribution in [1.29, 1.82) is 0 Å². The maximum absolute atomic E-state index is 9.18. The van der Waals surface area contributed by atoms with Crippen LogP contribution in [0.5, 0.6) is 5.75 Å². The normalized spacial score (nSPS) is 14.9. The summed E-state index contributed by atoms with van der Waals surface area (Å²) in [5, 5.41) is 18.4. The molecule has 2 rings (SSSR count). The van der Waals surface area contributed by atoms with Crippen LogP contribution in [0.2, 0.25) is 0 Å². The highest BCUT2D eigenvalue weighted by Gasteiger charge is 2.26. The topological polar surface area (TPSA) is 58.9 Å². The van der Waals surface area contributed by atoms with Gasteiger partial charge in [-0.25, -0.2) is 0 Å². The average molecular weight is 222 g/mol. The van der Waals surface area contributed by atoms with E-state index in [2.05, 4.69) is 0 Å². The number of benzene rings is 1. The van der Waals surface area contributed by atoms with Gasteiger partial charge >= 0.3 is 7.12 Å². The van der Waals surface area contributed by atoms with Crippen molar-refractivity contribution < 1.29 is 19.5 Å². The average Bonchev–Trinajstić information content (AvgIpc) is 3.09. The Kier molecular flexibility index (Phi) is 3.48. The van der Waals surface area contributed by atoms with Crippen molar-refractivity contribution in [2.24, 2.45) is 0 Å². The van der Waals surface area contributed by atoms with Crippen LogP contribution in [0.1, 0.15) is 24.3 Å². The fourth-order valence-electron chi connectivity index (χ4n) is 1.68. The molecule has 0 aromatic heterocycles. The highest BCUT2D eigenvalue weighted by atomic mass is 16.7. The third-order valence-corrected chi connectivity index (χ3v) is 2.70. The summed E-state index contributed by atoms with van der Waals surface area (Å²) in [5.74, 6) is 1.09. The van der Waals surface area contributed by atoms with Crippen LogP contribution in [0.25, 0.3) is 0 Å². The standard InChI is InChI=1S/C11H15BO4/c1-15-7-16-11-6-9(8-2-3-8)4-5-10(11)12(13)14/h4-6,8,13-14H,2-3,7H2,1H3. The Morgan fingerprint density at radius 3 is 2.69 bits per heavy atom. The maximum Gasteiger partial charge on any atom is 0.492 e. The Hall–Kier alpha value is -1.04. The van der Waals surface area contributed by atoms with E-state index in [0.717, 1.165) is 0 Å². The number of rotatable bonds is 5. The first-order valence-electron chi connectivity index (χ1n) is 5.34. The molecule has 16 heavy (non-hydrogen) atoms. The molecule has 0 aliphatic heterocycles. The third kappa shape index (κ3) is 2.55. The van der Waals surface area contributed by atoms with Gasteiger partial charge in [0.15, 0.2) is 6.79 Å². The maximum atomic E-state index is 9.18. The molecule has 0 heterocycles. The predicted molar refractivity (Wildman–Crippen MR) is 60.7 cm³/mol. The van der Waals surface area contributed by atoms with Crippen LogP contribution in [0, 0.1) is 0 Å². The smallest absolute Gasteiger partial charge is 0.468 e. The molecule has 1 aromatic rings. The van der Waals surface area contributed by atoms with Gasteiger partial charge in [0.05, 0.1) is 0 Å². The van der Waals surface area contributed by atoms with E-state index in [0.29, 0.717) is 17.1 Å². The summed E-state index contributed by atoms with van der Waals surface area (Å²) >= 11 is 0. The van der Waals surface area contributed by atoms with Crippen molar-refractivity contribution in [3.8, 4) is 5.75 Å². The van der Waals surface area contributed by atoms with E-state index < -0.39 is 7.12 Å². The number of ether oxygens (including phenoxy) is 2. The molecule has 4 nitrogen and oxygen atoms in total. The fourth-order valence-corrected chi connectivity index (χ4v) is 1.68. The molecule has 0 unspecified atom stereocenters. The second-order valence-electron chi connectivity index (χ2n) is 4.00. The molecule has 1 aliphatic carbocycles. The number of methoxy groups -OCH3 is 1. The first kappa shape index (κ1) is 11.5. The van der Waals surface area contributed by atoms with Crippen LogP contribution in [0.15, 0.2) is 18.2 Å². The minimum atomic E-state index is -1.51. The lowest BCUT2D eigenvalue weighted by Gasteiger charge is -2.11. The summed E-state index contributed by atoms with van der Waals surface area (Å²) in [7, 11) is 0.0138. The van der Waals surface area contributed by atoms with Crippen LogP contribution in [0.3, 0.4) is 0 Å². The molecule has 5 heteroatoms. The molecule has 1 saturated carbocycles. The summed E-state index contributed by atoms with van der Waals surface area (Å²) in [4.78, 5) is 0. The van der Waals surface area contributed by atoms with Gasteiger partial charge in [0, 0.05) is 12.6 Å². The van der Waals surface area contributed by atoms with E-state index in [1.165, 1.54) is 25.5 Å². The SMILES string of the molecule is COCOc1cc(C2CC2)ccc1B(O)O. The molecular weight excluding hydrogens is 207 g/mol. The lowest BCUT2D eigenvalue weighted by molar-refractivity contribution is 0.0516. The molecule has 0 saturated heterocycles. The van der Waals surface area contributed by atoms with E-state index >= 15 is 0 Å². The van der Waals surface area contributed by atoms with Crippen molar-refractivity contribution in [3.05, 3.63) is 23.8 Å². The molecular formula is C11H15BO4. The molecule has 1 aliphatic rings. The van der Waals surface area contributed by atoms with Gasteiger partial charge in [-0.3, -0.25) is 0 Å². The number of hydrogen-bond acceptors (Lipinski definition) is 4. The second kappa shape index (κ2) is 4.87. The van der Waals surface area contributed by atoms with E-state index in [4.69, 9.17) is 9.47 Å². The van der Waals surface area contributed by atoms with Gasteiger partial charge in [-0.2, -0.15) is 0 Å². The molecule has 0 atom stereocenters.